The first-order chi connectivity index (χ1) is 12.7. The smallest absolute Gasteiger partial charge is 0.284 e. The topological polar surface area (TPSA) is 140 Å². The Balaban J connectivity index is 1.71. The van der Waals surface area contributed by atoms with Crippen LogP contribution in [-0.2, 0) is 10.0 Å². The molecule has 9 nitrogen and oxygen atoms in total. The van der Waals surface area contributed by atoms with Crippen molar-refractivity contribution in [1.29, 1.82) is 0 Å². The zero-order valence-corrected chi connectivity index (χ0v) is 15.5. The first-order valence-corrected chi connectivity index (χ1v) is 9.69. The molecule has 1 fully saturated rings. The molecule has 0 unspecified atom stereocenters. The molecule has 144 valence electrons. The number of hydrogen-bond donors (Lipinski definition) is 2. The predicted molar refractivity (Wildman–Crippen MR) is 97.5 cm³/mol. The number of hydrogen-bond acceptors (Lipinski definition) is 6. The van der Waals surface area contributed by atoms with Crippen LogP contribution in [0.25, 0.3) is 0 Å². The second-order valence-corrected chi connectivity index (χ2v) is 8.12. The number of aryl methyl sites for hydroxylation is 1. The Morgan fingerprint density at radius 3 is 2.33 bits per heavy atom. The van der Waals surface area contributed by atoms with E-state index in [1.165, 1.54) is 16.4 Å². The first kappa shape index (κ1) is 18.9. The number of nitrogen functional groups attached to an aromatic ring is 1. The maximum atomic E-state index is 12.7. The molecule has 0 aliphatic carbocycles. The van der Waals surface area contributed by atoms with Gasteiger partial charge in [0, 0.05) is 37.4 Å². The fraction of sp³-hybridized carbons (Fsp3) is 0.294. The number of benzene rings is 1. The lowest BCUT2D eigenvalue weighted by molar-refractivity contribution is 0.0696. The highest BCUT2D eigenvalue weighted by molar-refractivity contribution is 7.89. The summed E-state index contributed by atoms with van der Waals surface area (Å²) in [5.74, 6) is -1.25. The van der Waals surface area contributed by atoms with Crippen molar-refractivity contribution in [2.45, 2.75) is 12.0 Å². The van der Waals surface area contributed by atoms with Gasteiger partial charge in [-0.15, -0.1) is 0 Å². The van der Waals surface area contributed by atoms with Crippen molar-refractivity contribution in [2.24, 2.45) is 5.73 Å². The number of anilines is 1. The molecule has 1 aromatic carbocycles. The molecule has 3 rings (SSSR count). The zero-order valence-electron chi connectivity index (χ0n) is 14.7. The van der Waals surface area contributed by atoms with Gasteiger partial charge in [0.05, 0.1) is 0 Å². The van der Waals surface area contributed by atoms with Crippen LogP contribution in [-0.4, -0.2) is 55.6 Å². The summed E-state index contributed by atoms with van der Waals surface area (Å²) in [7, 11) is -3.90. The zero-order chi connectivity index (χ0) is 19.8. The Morgan fingerprint density at radius 2 is 1.74 bits per heavy atom. The highest BCUT2D eigenvalue weighted by Gasteiger charge is 2.33. The number of amides is 2. The quantitative estimate of drug-likeness (QED) is 0.723. The minimum atomic E-state index is -3.90. The highest BCUT2D eigenvalue weighted by Crippen LogP contribution is 2.22. The summed E-state index contributed by atoms with van der Waals surface area (Å²) < 4.78 is 31.5. The number of rotatable bonds is 4. The summed E-state index contributed by atoms with van der Waals surface area (Å²) in [6.45, 7) is 2.51. The minimum Gasteiger partial charge on any atom is -0.438 e. The van der Waals surface area contributed by atoms with Gasteiger partial charge in [0.1, 0.15) is 0 Å². The van der Waals surface area contributed by atoms with Crippen LogP contribution in [0.2, 0.25) is 0 Å². The average molecular weight is 392 g/mol. The standard InChI is InChI=1S/C17H20N4O5S/c1-11-2-3-12(18)10-13(11)17(23)20-6-8-21(9-7-20)27(24,25)15-5-4-14(26-15)16(19)22/h2-5,10H,6-9,18H2,1H3,(H2,19,22). The van der Waals surface area contributed by atoms with Crippen molar-refractivity contribution in [3.05, 3.63) is 47.2 Å². The van der Waals surface area contributed by atoms with Crippen LogP contribution >= 0.6 is 0 Å². The van der Waals surface area contributed by atoms with E-state index >= 15 is 0 Å². The number of carbonyl (C=O) groups excluding carboxylic acids is 2. The Morgan fingerprint density at radius 1 is 1.07 bits per heavy atom. The molecule has 0 saturated carbocycles. The molecule has 0 radical (unpaired) electrons. The molecule has 0 atom stereocenters. The largest absolute Gasteiger partial charge is 0.438 e. The van der Waals surface area contributed by atoms with Crippen LogP contribution < -0.4 is 11.5 Å². The molecule has 0 spiro atoms. The van der Waals surface area contributed by atoms with E-state index in [1.807, 2.05) is 6.92 Å². The fourth-order valence-corrected chi connectivity index (χ4v) is 4.22. The molecule has 10 heteroatoms. The fourth-order valence-electron chi connectivity index (χ4n) is 2.89. The Kier molecular flexibility index (Phi) is 4.94. The van der Waals surface area contributed by atoms with Gasteiger partial charge < -0.3 is 20.8 Å². The SMILES string of the molecule is Cc1ccc(N)cc1C(=O)N1CCN(S(=O)(=O)c2ccc(C(N)=O)o2)CC1. The third-order valence-electron chi connectivity index (χ3n) is 4.44. The molecule has 1 aliphatic rings. The van der Waals surface area contributed by atoms with E-state index in [9.17, 15) is 18.0 Å². The van der Waals surface area contributed by atoms with Crippen molar-refractivity contribution in [2.75, 3.05) is 31.9 Å². The van der Waals surface area contributed by atoms with Gasteiger partial charge in [-0.25, -0.2) is 8.42 Å². The van der Waals surface area contributed by atoms with Gasteiger partial charge in [0.2, 0.25) is 5.09 Å². The molecule has 2 amide bonds. The lowest BCUT2D eigenvalue weighted by atomic mass is 10.1. The molecule has 27 heavy (non-hydrogen) atoms. The normalized spacial score (nSPS) is 15.7. The van der Waals surface area contributed by atoms with Crippen LogP contribution in [0, 0.1) is 6.92 Å². The number of furan rings is 1. The maximum Gasteiger partial charge on any atom is 0.284 e. The van der Waals surface area contributed by atoms with Crippen molar-refractivity contribution < 1.29 is 22.4 Å². The molecule has 2 heterocycles. The Labute approximate surface area is 156 Å². The number of nitrogens with zero attached hydrogens (tertiary/aromatic N) is 2. The van der Waals surface area contributed by atoms with Crippen LogP contribution in [0.15, 0.2) is 39.8 Å². The molecule has 4 N–H and O–H groups in total. The number of carbonyl (C=O) groups is 2. The van der Waals surface area contributed by atoms with Gasteiger partial charge in [0.25, 0.3) is 21.8 Å². The van der Waals surface area contributed by atoms with Crippen LogP contribution in [0.3, 0.4) is 0 Å². The Hall–Kier alpha value is -2.85. The molecule has 1 aliphatic heterocycles. The van der Waals surface area contributed by atoms with E-state index < -0.39 is 15.9 Å². The molecule has 0 bridgehead atoms. The van der Waals surface area contributed by atoms with Crippen LogP contribution in [0.5, 0.6) is 0 Å². The summed E-state index contributed by atoms with van der Waals surface area (Å²) in [5, 5.41) is -0.345. The van der Waals surface area contributed by atoms with E-state index in [4.69, 9.17) is 15.9 Å². The molecule has 2 aromatic rings. The van der Waals surface area contributed by atoms with Crippen LogP contribution in [0.4, 0.5) is 5.69 Å². The van der Waals surface area contributed by atoms with Gasteiger partial charge in [0.15, 0.2) is 5.76 Å². The average Bonchev–Trinajstić information content (AvgIpc) is 3.14. The summed E-state index contributed by atoms with van der Waals surface area (Å²) in [6, 6.07) is 7.53. The lowest BCUT2D eigenvalue weighted by Crippen LogP contribution is -2.50. The van der Waals surface area contributed by atoms with E-state index in [0.29, 0.717) is 11.3 Å². The van der Waals surface area contributed by atoms with Crippen molar-refractivity contribution >= 4 is 27.5 Å². The summed E-state index contributed by atoms with van der Waals surface area (Å²) in [5.41, 5.74) is 12.6. The second-order valence-electron chi connectivity index (χ2n) is 6.25. The highest BCUT2D eigenvalue weighted by atomic mass is 32.2. The van der Waals surface area contributed by atoms with Gasteiger partial charge >= 0.3 is 0 Å². The third-order valence-corrected chi connectivity index (χ3v) is 6.21. The van der Waals surface area contributed by atoms with Crippen molar-refractivity contribution in [1.82, 2.24) is 9.21 Å². The van der Waals surface area contributed by atoms with Crippen molar-refractivity contribution in [3.8, 4) is 0 Å². The predicted octanol–water partition coefficient (Wildman–Crippen LogP) is 0.416. The van der Waals surface area contributed by atoms with Crippen LogP contribution in [0.1, 0.15) is 26.5 Å². The minimum absolute atomic E-state index is 0.113. The summed E-state index contributed by atoms with van der Waals surface area (Å²) in [4.78, 5) is 25.4. The number of sulfonamides is 1. The van der Waals surface area contributed by atoms with E-state index in [2.05, 4.69) is 0 Å². The molecular formula is C17H20N4O5S. The lowest BCUT2D eigenvalue weighted by Gasteiger charge is -2.33. The number of nitrogens with two attached hydrogens (primary N) is 2. The van der Waals surface area contributed by atoms with E-state index in [-0.39, 0.29) is 42.9 Å². The molecular weight excluding hydrogens is 372 g/mol. The van der Waals surface area contributed by atoms with Gasteiger partial charge in [-0.2, -0.15) is 4.31 Å². The molecule has 1 saturated heterocycles. The van der Waals surface area contributed by atoms with Crippen molar-refractivity contribution in [3.63, 3.8) is 0 Å². The Bertz CT molecular complexity index is 991. The second kappa shape index (κ2) is 7.05. The summed E-state index contributed by atoms with van der Waals surface area (Å²) >= 11 is 0. The monoisotopic (exact) mass is 392 g/mol. The van der Waals surface area contributed by atoms with Gasteiger partial charge in [-0.05, 0) is 36.8 Å². The van der Waals surface area contributed by atoms with Gasteiger partial charge in [-0.3, -0.25) is 9.59 Å². The first-order valence-electron chi connectivity index (χ1n) is 8.25. The molecule has 1 aromatic heterocycles. The third kappa shape index (κ3) is 3.67. The van der Waals surface area contributed by atoms with E-state index in [0.717, 1.165) is 5.56 Å². The van der Waals surface area contributed by atoms with E-state index in [1.54, 1.807) is 23.1 Å². The van der Waals surface area contributed by atoms with Gasteiger partial charge in [-0.1, -0.05) is 6.07 Å². The number of piperazine rings is 1. The number of primary amides is 1. The summed E-state index contributed by atoms with van der Waals surface area (Å²) in [6.07, 6.45) is 0. The maximum absolute atomic E-state index is 12.7.